The van der Waals surface area contributed by atoms with Crippen molar-refractivity contribution in [2.45, 2.75) is 38.2 Å². The summed E-state index contributed by atoms with van der Waals surface area (Å²) in [5.74, 6) is -0.509. The number of benzene rings is 3. The van der Waals surface area contributed by atoms with Gasteiger partial charge >= 0.3 is 6.18 Å². The first-order valence-corrected chi connectivity index (χ1v) is 16.5. The predicted octanol–water partition coefficient (Wildman–Crippen LogP) is 5.84. The van der Waals surface area contributed by atoms with E-state index in [4.69, 9.17) is 0 Å². The average Bonchev–Trinajstić information content (AvgIpc) is 3.14. The Kier molecular flexibility index (Phi) is 10.6. The Morgan fingerprint density at radius 3 is 2.41 bits per heavy atom. The highest BCUT2D eigenvalue weighted by Gasteiger charge is 2.30. The van der Waals surface area contributed by atoms with E-state index in [2.05, 4.69) is 25.8 Å². The number of aliphatic hydroxyl groups is 1. The predicted molar refractivity (Wildman–Crippen MR) is 182 cm³/mol. The summed E-state index contributed by atoms with van der Waals surface area (Å²) < 4.78 is 39.6. The molecule has 1 unspecified atom stereocenters. The van der Waals surface area contributed by atoms with Gasteiger partial charge in [0.05, 0.1) is 16.9 Å². The maximum Gasteiger partial charge on any atom is 0.416 e. The zero-order valence-electron chi connectivity index (χ0n) is 27.0. The lowest BCUT2D eigenvalue weighted by Crippen LogP contribution is -2.46. The van der Waals surface area contributed by atoms with E-state index in [9.17, 15) is 27.9 Å². The van der Waals surface area contributed by atoms with E-state index in [1.807, 2.05) is 18.2 Å². The molecular weight excluding hydrogens is 633 g/mol. The molecule has 6 rings (SSSR count). The Morgan fingerprint density at radius 1 is 0.878 bits per heavy atom. The number of anilines is 2. The van der Waals surface area contributed by atoms with Gasteiger partial charge in [0.2, 0.25) is 0 Å². The number of carbonyl (C=O) groups is 2. The lowest BCUT2D eigenvalue weighted by molar-refractivity contribution is -0.137. The summed E-state index contributed by atoms with van der Waals surface area (Å²) in [6.45, 7) is 4.47. The summed E-state index contributed by atoms with van der Waals surface area (Å²) >= 11 is 0. The fourth-order valence-electron chi connectivity index (χ4n) is 6.19. The Hall–Kier alpha value is -4.78. The summed E-state index contributed by atoms with van der Waals surface area (Å²) in [6, 6.07) is 20.7. The van der Waals surface area contributed by atoms with E-state index in [1.54, 1.807) is 53.6 Å². The highest BCUT2D eigenvalue weighted by atomic mass is 19.4. The van der Waals surface area contributed by atoms with Gasteiger partial charge in [0.1, 0.15) is 6.23 Å². The lowest BCUT2D eigenvalue weighted by Gasteiger charge is -2.29. The molecule has 2 saturated heterocycles. The van der Waals surface area contributed by atoms with Gasteiger partial charge in [-0.15, -0.1) is 0 Å². The largest absolute Gasteiger partial charge is 0.416 e. The number of nitrogens with zero attached hydrogens (tertiary/aromatic N) is 3. The van der Waals surface area contributed by atoms with Crippen molar-refractivity contribution in [3.8, 4) is 11.3 Å². The molecule has 256 valence electrons. The first kappa shape index (κ1) is 34.1. The van der Waals surface area contributed by atoms with Crippen molar-refractivity contribution in [1.29, 1.82) is 0 Å². The van der Waals surface area contributed by atoms with Crippen LogP contribution in [0.4, 0.5) is 24.5 Å². The third kappa shape index (κ3) is 8.45. The molecule has 2 aliphatic heterocycles. The zero-order valence-corrected chi connectivity index (χ0v) is 27.0. The van der Waals surface area contributed by atoms with Crippen molar-refractivity contribution in [3.63, 3.8) is 0 Å². The number of carbonyl (C=O) groups excluding carboxylic acids is 2. The number of piperidine rings is 1. The first-order valence-electron chi connectivity index (χ1n) is 16.5. The third-order valence-electron chi connectivity index (χ3n) is 8.88. The Bertz CT molecular complexity index is 1790. The SMILES string of the molecule is O=C(Nc1ccc(N2CCCCC2)cc1-c1cc(C(O)NCc2cccc(C(F)(F)F)c2)ccn1)c1cccc(C(=O)N2CCNCC2)c1. The van der Waals surface area contributed by atoms with Gasteiger partial charge in [-0.3, -0.25) is 19.9 Å². The molecule has 49 heavy (non-hydrogen) atoms. The molecule has 0 aliphatic carbocycles. The molecule has 2 amide bonds. The van der Waals surface area contributed by atoms with Crippen LogP contribution in [-0.4, -0.2) is 66.1 Å². The van der Waals surface area contributed by atoms with Crippen LogP contribution in [0.1, 0.15) is 62.9 Å². The second-order valence-electron chi connectivity index (χ2n) is 12.3. The molecule has 9 nitrogen and oxygen atoms in total. The van der Waals surface area contributed by atoms with E-state index < -0.39 is 18.0 Å². The summed E-state index contributed by atoms with van der Waals surface area (Å²) in [5.41, 5.74) is 3.46. The van der Waals surface area contributed by atoms with Gasteiger partial charge in [-0.25, -0.2) is 0 Å². The van der Waals surface area contributed by atoms with Crippen LogP contribution < -0.4 is 20.9 Å². The Morgan fingerprint density at radius 2 is 1.63 bits per heavy atom. The summed E-state index contributed by atoms with van der Waals surface area (Å²) in [5, 5.41) is 20.1. The van der Waals surface area contributed by atoms with E-state index >= 15 is 0 Å². The lowest BCUT2D eigenvalue weighted by atomic mass is 10.0. The van der Waals surface area contributed by atoms with E-state index in [1.165, 1.54) is 12.5 Å². The van der Waals surface area contributed by atoms with Gasteiger partial charge in [-0.05, 0) is 85.0 Å². The van der Waals surface area contributed by atoms with Crippen LogP contribution in [0.15, 0.2) is 85.1 Å². The van der Waals surface area contributed by atoms with Crippen LogP contribution in [0.25, 0.3) is 11.3 Å². The van der Waals surface area contributed by atoms with Crippen LogP contribution in [0, 0.1) is 0 Å². The maximum absolute atomic E-state index is 13.6. The second-order valence-corrected chi connectivity index (χ2v) is 12.3. The number of hydrogen-bond acceptors (Lipinski definition) is 7. The summed E-state index contributed by atoms with van der Waals surface area (Å²) in [4.78, 5) is 35.4. The Balaban J connectivity index is 1.25. The minimum atomic E-state index is -4.46. The fourth-order valence-corrected chi connectivity index (χ4v) is 6.19. The Labute approximate surface area is 283 Å². The van der Waals surface area contributed by atoms with Crippen molar-refractivity contribution in [2.24, 2.45) is 0 Å². The first-order chi connectivity index (χ1) is 23.7. The van der Waals surface area contributed by atoms with Gasteiger partial charge in [0.15, 0.2) is 0 Å². The molecule has 1 aromatic heterocycles. The van der Waals surface area contributed by atoms with Crippen molar-refractivity contribution >= 4 is 23.2 Å². The summed E-state index contributed by atoms with van der Waals surface area (Å²) in [6.07, 6.45) is -0.791. The number of pyridine rings is 1. The van der Waals surface area contributed by atoms with Gasteiger partial charge in [-0.2, -0.15) is 13.2 Å². The molecule has 2 fully saturated rings. The molecule has 0 spiro atoms. The maximum atomic E-state index is 13.6. The summed E-state index contributed by atoms with van der Waals surface area (Å²) in [7, 11) is 0. The van der Waals surface area contributed by atoms with Crippen molar-refractivity contribution < 1.29 is 27.9 Å². The topological polar surface area (TPSA) is 110 Å². The number of piperazine rings is 1. The molecule has 1 atom stereocenters. The van der Waals surface area contributed by atoms with E-state index in [0.717, 1.165) is 56.8 Å². The quantitative estimate of drug-likeness (QED) is 0.166. The molecule has 4 N–H and O–H groups in total. The minimum absolute atomic E-state index is 0.00467. The third-order valence-corrected chi connectivity index (χ3v) is 8.88. The van der Waals surface area contributed by atoms with Crippen molar-refractivity contribution in [2.75, 3.05) is 49.5 Å². The highest BCUT2D eigenvalue weighted by molar-refractivity contribution is 6.08. The molecular formula is C37H39F3N6O3. The molecule has 2 aliphatic rings. The van der Waals surface area contributed by atoms with Gasteiger partial charge in [0, 0.05) is 74.4 Å². The minimum Gasteiger partial charge on any atom is -0.374 e. The molecule has 4 aromatic rings. The number of hydrogen-bond donors (Lipinski definition) is 4. The van der Waals surface area contributed by atoms with Crippen LogP contribution in [-0.2, 0) is 12.7 Å². The number of alkyl halides is 3. The standard InChI is InChI=1S/C37H39F3N6O3/c38-37(39,40)29-9-4-6-25(20-29)24-43-34(47)27-12-13-42-33(22-27)31-23-30(45-16-2-1-3-17-45)10-11-32(31)44-35(48)26-7-5-8-28(21-26)36(49)46-18-14-41-15-19-46/h4-13,20-23,34,41,43,47H,1-3,14-19,24H2,(H,44,48). The van der Waals surface area contributed by atoms with E-state index in [0.29, 0.717) is 52.3 Å². The smallest absolute Gasteiger partial charge is 0.374 e. The number of nitrogens with one attached hydrogen (secondary N) is 3. The van der Waals surface area contributed by atoms with E-state index in [-0.39, 0.29) is 18.4 Å². The fraction of sp³-hybridized carbons (Fsp3) is 0.324. The van der Waals surface area contributed by atoms with Crippen LogP contribution >= 0.6 is 0 Å². The molecule has 0 saturated carbocycles. The number of amides is 2. The molecule has 0 bridgehead atoms. The van der Waals surface area contributed by atoms with Crippen molar-refractivity contribution in [3.05, 3.63) is 113 Å². The molecule has 0 radical (unpaired) electrons. The number of aromatic nitrogens is 1. The number of halogens is 3. The molecule has 3 heterocycles. The second kappa shape index (κ2) is 15.2. The molecule has 3 aromatic carbocycles. The van der Waals surface area contributed by atoms with Gasteiger partial charge in [-0.1, -0.05) is 24.3 Å². The van der Waals surface area contributed by atoms with Crippen LogP contribution in [0.2, 0.25) is 0 Å². The number of rotatable bonds is 9. The molecule has 12 heteroatoms. The van der Waals surface area contributed by atoms with Crippen molar-refractivity contribution in [1.82, 2.24) is 20.5 Å². The zero-order chi connectivity index (χ0) is 34.4. The van der Waals surface area contributed by atoms with Gasteiger partial charge in [0.25, 0.3) is 11.8 Å². The average molecular weight is 673 g/mol. The number of aliphatic hydroxyl groups excluding tert-OH is 1. The monoisotopic (exact) mass is 672 g/mol. The van der Waals surface area contributed by atoms with Crippen LogP contribution in [0.3, 0.4) is 0 Å². The normalized spacial score (nSPS) is 15.9. The highest BCUT2D eigenvalue weighted by Crippen LogP contribution is 2.34. The van der Waals surface area contributed by atoms with Gasteiger partial charge < -0.3 is 25.5 Å². The van der Waals surface area contributed by atoms with Crippen LogP contribution in [0.5, 0.6) is 0 Å².